The molecular formula is C13H14BrNO. The van der Waals surface area contributed by atoms with Crippen molar-refractivity contribution in [1.29, 1.82) is 0 Å². The summed E-state index contributed by atoms with van der Waals surface area (Å²) in [7, 11) is 0. The van der Waals surface area contributed by atoms with Crippen molar-refractivity contribution in [3.63, 3.8) is 0 Å². The van der Waals surface area contributed by atoms with Crippen LogP contribution < -0.4 is 5.32 Å². The zero-order valence-electron chi connectivity index (χ0n) is 9.33. The number of rotatable bonds is 2. The van der Waals surface area contributed by atoms with Gasteiger partial charge in [0, 0.05) is 16.1 Å². The molecule has 0 saturated heterocycles. The van der Waals surface area contributed by atoms with Crippen molar-refractivity contribution in [3.05, 3.63) is 40.4 Å². The molecule has 16 heavy (non-hydrogen) atoms. The van der Waals surface area contributed by atoms with Gasteiger partial charge in [-0.05, 0) is 36.8 Å². The van der Waals surface area contributed by atoms with E-state index in [9.17, 15) is 4.79 Å². The minimum Gasteiger partial charge on any atom is -0.378 e. The molecule has 1 aromatic rings. The Morgan fingerprint density at radius 3 is 2.38 bits per heavy atom. The summed E-state index contributed by atoms with van der Waals surface area (Å²) in [6, 6.07) is 8.10. The predicted octanol–water partition coefficient (Wildman–Crippen LogP) is 3.39. The second-order valence-corrected chi connectivity index (χ2v) is 5.10. The second-order valence-electron chi connectivity index (χ2n) is 4.18. The topological polar surface area (TPSA) is 29.1 Å². The lowest BCUT2D eigenvalue weighted by atomic mass is 10.0. The third kappa shape index (κ3) is 2.19. The molecule has 1 N–H and O–H groups in total. The van der Waals surface area contributed by atoms with Crippen LogP contribution in [0.25, 0.3) is 0 Å². The molecule has 0 bridgehead atoms. The van der Waals surface area contributed by atoms with Crippen LogP contribution in [0.2, 0.25) is 0 Å². The number of hydrogen-bond acceptors (Lipinski definition) is 2. The quantitative estimate of drug-likeness (QED) is 0.899. The molecule has 2 atom stereocenters. The van der Waals surface area contributed by atoms with Gasteiger partial charge in [0.05, 0.1) is 6.04 Å². The highest BCUT2D eigenvalue weighted by atomic mass is 79.9. The van der Waals surface area contributed by atoms with E-state index in [2.05, 4.69) is 21.2 Å². The molecule has 3 heteroatoms. The number of Topliss-reactive ketones (excluding diaryl/α,β-unsaturated/α-hetero) is 1. The van der Waals surface area contributed by atoms with Gasteiger partial charge >= 0.3 is 0 Å². The van der Waals surface area contributed by atoms with Crippen molar-refractivity contribution < 1.29 is 4.79 Å². The maximum atomic E-state index is 11.6. The van der Waals surface area contributed by atoms with E-state index in [4.69, 9.17) is 0 Å². The maximum Gasteiger partial charge on any atom is 0.163 e. The largest absolute Gasteiger partial charge is 0.378 e. The molecule has 0 aromatic heterocycles. The van der Waals surface area contributed by atoms with Crippen molar-refractivity contribution in [3.8, 4) is 0 Å². The summed E-state index contributed by atoms with van der Waals surface area (Å²) in [5.74, 6) is 0.276. The molecule has 1 aliphatic rings. The molecule has 1 aromatic carbocycles. The summed E-state index contributed by atoms with van der Waals surface area (Å²) >= 11 is 3.40. The molecule has 0 unspecified atom stereocenters. The van der Waals surface area contributed by atoms with Gasteiger partial charge < -0.3 is 5.32 Å². The first-order chi connectivity index (χ1) is 7.58. The molecule has 0 spiro atoms. The Balaban J connectivity index is 2.11. The Morgan fingerprint density at radius 1 is 1.25 bits per heavy atom. The van der Waals surface area contributed by atoms with Crippen LogP contribution in [0.1, 0.15) is 13.8 Å². The number of hydrogen-bond donors (Lipinski definition) is 1. The predicted molar refractivity (Wildman–Crippen MR) is 69.5 cm³/mol. The van der Waals surface area contributed by atoms with Crippen LogP contribution in [-0.2, 0) is 4.79 Å². The molecule has 1 aliphatic carbocycles. The summed E-state index contributed by atoms with van der Waals surface area (Å²) in [6.45, 7) is 3.84. The SMILES string of the molecule is CC1=C[C@@H](Nc2ccc(Br)cc2)[C@H](C)C1=O. The number of nitrogens with one attached hydrogen (secondary N) is 1. The number of carbonyl (C=O) groups is 1. The Labute approximate surface area is 104 Å². The van der Waals surface area contributed by atoms with Gasteiger partial charge in [0.1, 0.15) is 0 Å². The number of benzene rings is 1. The van der Waals surface area contributed by atoms with E-state index in [1.165, 1.54) is 0 Å². The second kappa shape index (κ2) is 4.42. The van der Waals surface area contributed by atoms with Gasteiger partial charge in [-0.1, -0.05) is 28.9 Å². The number of carbonyl (C=O) groups excluding carboxylic acids is 1. The van der Waals surface area contributed by atoms with Gasteiger partial charge in [-0.25, -0.2) is 0 Å². The molecule has 0 amide bonds. The normalized spacial score (nSPS) is 24.4. The van der Waals surface area contributed by atoms with Crippen LogP contribution in [-0.4, -0.2) is 11.8 Å². The minimum absolute atomic E-state index is 0.0312. The van der Waals surface area contributed by atoms with E-state index in [1.807, 2.05) is 44.2 Å². The van der Waals surface area contributed by atoms with Crippen LogP contribution in [0.15, 0.2) is 40.4 Å². The lowest BCUT2D eigenvalue weighted by Gasteiger charge is -2.16. The van der Waals surface area contributed by atoms with E-state index in [0.29, 0.717) is 0 Å². The Bertz CT molecular complexity index is 436. The van der Waals surface area contributed by atoms with E-state index in [1.54, 1.807) is 0 Å². The number of ketones is 1. The molecule has 0 aliphatic heterocycles. The van der Waals surface area contributed by atoms with Gasteiger partial charge in [-0.3, -0.25) is 4.79 Å². The molecule has 2 rings (SSSR count). The third-order valence-corrected chi connectivity index (χ3v) is 3.48. The smallest absolute Gasteiger partial charge is 0.163 e. The highest BCUT2D eigenvalue weighted by Crippen LogP contribution is 2.24. The average molecular weight is 280 g/mol. The van der Waals surface area contributed by atoms with Gasteiger partial charge in [-0.15, -0.1) is 0 Å². The first-order valence-corrected chi connectivity index (χ1v) is 6.12. The average Bonchev–Trinajstić information content (AvgIpc) is 2.50. The van der Waals surface area contributed by atoms with E-state index in [-0.39, 0.29) is 17.7 Å². The standard InChI is InChI=1S/C13H14BrNO/c1-8-7-12(9(2)13(8)16)15-11-5-3-10(14)4-6-11/h3-7,9,12,15H,1-2H3/t9-,12+/m0/s1. The molecule has 2 nitrogen and oxygen atoms in total. The third-order valence-electron chi connectivity index (χ3n) is 2.95. The van der Waals surface area contributed by atoms with Crippen molar-refractivity contribution >= 4 is 27.4 Å². The van der Waals surface area contributed by atoms with E-state index in [0.717, 1.165) is 15.7 Å². The van der Waals surface area contributed by atoms with Gasteiger partial charge in [0.15, 0.2) is 5.78 Å². The number of anilines is 1. The van der Waals surface area contributed by atoms with Crippen LogP contribution >= 0.6 is 15.9 Å². The first-order valence-electron chi connectivity index (χ1n) is 5.32. The molecule has 0 heterocycles. The Morgan fingerprint density at radius 2 is 1.88 bits per heavy atom. The minimum atomic E-state index is 0.0312. The summed E-state index contributed by atoms with van der Waals surface area (Å²) in [6.07, 6.45) is 2.01. The van der Waals surface area contributed by atoms with Gasteiger partial charge in [0.2, 0.25) is 0 Å². The fourth-order valence-corrected chi connectivity index (χ4v) is 2.19. The molecular weight excluding hydrogens is 266 g/mol. The molecule has 0 fully saturated rings. The summed E-state index contributed by atoms with van der Waals surface area (Å²) < 4.78 is 1.06. The van der Waals surface area contributed by atoms with Gasteiger partial charge in [0.25, 0.3) is 0 Å². The van der Waals surface area contributed by atoms with Crippen LogP contribution in [0.5, 0.6) is 0 Å². The molecule has 0 saturated carbocycles. The van der Waals surface area contributed by atoms with E-state index < -0.39 is 0 Å². The van der Waals surface area contributed by atoms with Crippen molar-refractivity contribution in [2.45, 2.75) is 19.9 Å². The van der Waals surface area contributed by atoms with Crippen molar-refractivity contribution in [1.82, 2.24) is 0 Å². The Kier molecular flexibility index (Phi) is 3.15. The van der Waals surface area contributed by atoms with Crippen molar-refractivity contribution in [2.75, 3.05) is 5.32 Å². The number of halogens is 1. The number of allylic oxidation sites excluding steroid dienone is 1. The lowest BCUT2D eigenvalue weighted by molar-refractivity contribution is -0.117. The monoisotopic (exact) mass is 279 g/mol. The molecule has 0 radical (unpaired) electrons. The van der Waals surface area contributed by atoms with E-state index >= 15 is 0 Å². The van der Waals surface area contributed by atoms with Crippen LogP contribution in [0.4, 0.5) is 5.69 Å². The zero-order chi connectivity index (χ0) is 11.7. The molecule has 84 valence electrons. The highest BCUT2D eigenvalue weighted by Gasteiger charge is 2.29. The summed E-state index contributed by atoms with van der Waals surface area (Å²) in [5, 5.41) is 3.36. The first kappa shape index (κ1) is 11.4. The van der Waals surface area contributed by atoms with Crippen LogP contribution in [0.3, 0.4) is 0 Å². The van der Waals surface area contributed by atoms with Gasteiger partial charge in [-0.2, -0.15) is 0 Å². The Hall–Kier alpha value is -1.09. The lowest BCUT2D eigenvalue weighted by Crippen LogP contribution is -2.25. The fourth-order valence-electron chi connectivity index (χ4n) is 1.92. The van der Waals surface area contributed by atoms with Crippen LogP contribution in [0, 0.1) is 5.92 Å². The summed E-state index contributed by atoms with van der Waals surface area (Å²) in [4.78, 5) is 11.6. The summed E-state index contributed by atoms with van der Waals surface area (Å²) in [5.41, 5.74) is 1.90. The van der Waals surface area contributed by atoms with Crippen molar-refractivity contribution in [2.24, 2.45) is 5.92 Å². The maximum absolute atomic E-state index is 11.6. The fraction of sp³-hybridized carbons (Fsp3) is 0.308. The zero-order valence-corrected chi connectivity index (χ0v) is 10.9. The highest BCUT2D eigenvalue weighted by molar-refractivity contribution is 9.10.